The molecule has 0 amide bonds. The maximum atomic E-state index is 11.5. The Morgan fingerprint density at radius 2 is 2.00 bits per heavy atom. The number of carbonyl (C=O) groups excluding carboxylic acids is 1. The van der Waals surface area contributed by atoms with Gasteiger partial charge in [0.05, 0.1) is 6.42 Å². The number of carboxylic acid groups (broad SMARTS) is 1. The first-order valence-corrected chi connectivity index (χ1v) is 5.68. The predicted octanol–water partition coefficient (Wildman–Crippen LogP) is 2.52. The molecule has 2 rings (SSSR count). The van der Waals surface area contributed by atoms with E-state index in [0.29, 0.717) is 12.8 Å². The molecule has 1 aliphatic carbocycles. The smallest absolute Gasteiger partial charge is 0.303 e. The number of ketones is 1. The number of carboxylic acids is 1. The topological polar surface area (TPSA) is 54.4 Å². The normalized spacial score (nSPS) is 19.9. The third kappa shape index (κ3) is 2.81. The average Bonchev–Trinajstić information content (AvgIpc) is 2.32. The van der Waals surface area contributed by atoms with Gasteiger partial charge in [-0.1, -0.05) is 30.3 Å². The second kappa shape index (κ2) is 4.95. The van der Waals surface area contributed by atoms with Crippen LogP contribution in [0.2, 0.25) is 0 Å². The molecule has 0 bridgehead atoms. The van der Waals surface area contributed by atoms with Gasteiger partial charge in [-0.05, 0) is 29.6 Å². The zero-order valence-electron chi connectivity index (χ0n) is 9.43. The van der Waals surface area contributed by atoms with Gasteiger partial charge in [0.15, 0.2) is 5.78 Å². The lowest BCUT2D eigenvalue weighted by Crippen LogP contribution is -2.16. The third-order valence-corrected chi connectivity index (χ3v) is 3.02. The molecule has 0 heterocycles. The summed E-state index contributed by atoms with van der Waals surface area (Å²) in [5.74, 6) is -0.774. The van der Waals surface area contributed by atoms with E-state index in [0.717, 1.165) is 11.1 Å². The summed E-state index contributed by atoms with van der Waals surface area (Å²) in [6.45, 7) is 0. The minimum Gasteiger partial charge on any atom is -0.481 e. The Morgan fingerprint density at radius 1 is 1.29 bits per heavy atom. The molecule has 1 unspecified atom stereocenters. The van der Waals surface area contributed by atoms with Crippen molar-refractivity contribution in [1.82, 2.24) is 0 Å². The summed E-state index contributed by atoms with van der Waals surface area (Å²) in [6, 6.07) is 9.53. The quantitative estimate of drug-likeness (QED) is 0.868. The molecule has 0 radical (unpaired) electrons. The van der Waals surface area contributed by atoms with Crippen LogP contribution in [-0.2, 0) is 9.59 Å². The third-order valence-electron chi connectivity index (χ3n) is 3.02. The van der Waals surface area contributed by atoms with Gasteiger partial charge < -0.3 is 5.11 Å². The first-order chi connectivity index (χ1) is 8.16. The van der Waals surface area contributed by atoms with E-state index in [9.17, 15) is 9.59 Å². The summed E-state index contributed by atoms with van der Waals surface area (Å²) < 4.78 is 0. The molecule has 3 heteroatoms. The Hall–Kier alpha value is -1.90. The molecule has 0 spiro atoms. The first kappa shape index (κ1) is 11.6. The van der Waals surface area contributed by atoms with Crippen LogP contribution in [-0.4, -0.2) is 16.9 Å². The minimum atomic E-state index is -0.814. The van der Waals surface area contributed by atoms with Crippen LogP contribution in [0.1, 0.15) is 24.8 Å². The molecule has 1 N–H and O–H groups in total. The van der Waals surface area contributed by atoms with E-state index in [1.54, 1.807) is 6.08 Å². The van der Waals surface area contributed by atoms with Crippen LogP contribution in [0.4, 0.5) is 0 Å². The molecule has 3 nitrogen and oxygen atoms in total. The molecule has 0 fully saturated rings. The minimum absolute atomic E-state index is 0.0485. The van der Waals surface area contributed by atoms with E-state index in [1.165, 1.54) is 0 Å². The lowest BCUT2D eigenvalue weighted by Gasteiger charge is -2.22. The fourth-order valence-electron chi connectivity index (χ4n) is 2.21. The van der Waals surface area contributed by atoms with E-state index >= 15 is 0 Å². The molecule has 1 aromatic rings. The number of rotatable bonds is 3. The number of aliphatic carboxylic acids is 1. The molecule has 17 heavy (non-hydrogen) atoms. The summed E-state index contributed by atoms with van der Waals surface area (Å²) in [6.07, 6.45) is 2.78. The molecule has 0 aliphatic heterocycles. The number of benzene rings is 1. The van der Waals surface area contributed by atoms with Gasteiger partial charge >= 0.3 is 5.97 Å². The summed E-state index contributed by atoms with van der Waals surface area (Å²) in [7, 11) is 0. The molecule has 1 atom stereocenters. The van der Waals surface area contributed by atoms with Crippen LogP contribution in [0, 0.1) is 5.92 Å². The Kier molecular flexibility index (Phi) is 3.38. The fraction of sp³-hybridized carbons (Fsp3) is 0.286. The molecule has 1 aromatic carbocycles. The van der Waals surface area contributed by atoms with Crippen molar-refractivity contribution in [3.63, 3.8) is 0 Å². The zero-order chi connectivity index (χ0) is 12.3. The second-order valence-corrected chi connectivity index (χ2v) is 4.27. The fourth-order valence-corrected chi connectivity index (χ4v) is 2.21. The summed E-state index contributed by atoms with van der Waals surface area (Å²) in [5.41, 5.74) is 1.82. The summed E-state index contributed by atoms with van der Waals surface area (Å²) in [5, 5.41) is 8.88. The molecule has 1 aliphatic rings. The molecule has 0 saturated heterocycles. The van der Waals surface area contributed by atoms with E-state index < -0.39 is 5.97 Å². The average molecular weight is 230 g/mol. The molecule has 0 aromatic heterocycles. The van der Waals surface area contributed by atoms with Crippen LogP contribution in [0.5, 0.6) is 0 Å². The van der Waals surface area contributed by atoms with Crippen molar-refractivity contribution in [3.05, 3.63) is 42.0 Å². The van der Waals surface area contributed by atoms with Crippen LogP contribution >= 0.6 is 0 Å². The lowest BCUT2D eigenvalue weighted by molar-refractivity contribution is -0.138. The maximum absolute atomic E-state index is 11.5. The molecule has 0 saturated carbocycles. The van der Waals surface area contributed by atoms with Crippen molar-refractivity contribution in [3.8, 4) is 0 Å². The van der Waals surface area contributed by atoms with Crippen molar-refractivity contribution in [1.29, 1.82) is 0 Å². The summed E-state index contributed by atoms with van der Waals surface area (Å²) >= 11 is 0. The molecular formula is C14H14O3. The molecular weight excluding hydrogens is 216 g/mol. The highest BCUT2D eigenvalue weighted by Gasteiger charge is 2.24. The van der Waals surface area contributed by atoms with Crippen LogP contribution in [0.3, 0.4) is 0 Å². The molecule has 88 valence electrons. The Morgan fingerprint density at radius 3 is 2.65 bits per heavy atom. The SMILES string of the molecule is O=C(O)CC1CCC(=O)C=C1c1ccccc1. The van der Waals surface area contributed by atoms with E-state index in [4.69, 9.17) is 5.11 Å². The van der Waals surface area contributed by atoms with Gasteiger partial charge in [-0.25, -0.2) is 0 Å². The van der Waals surface area contributed by atoms with E-state index in [1.807, 2.05) is 30.3 Å². The predicted molar refractivity (Wildman–Crippen MR) is 64.4 cm³/mol. The van der Waals surface area contributed by atoms with Crippen molar-refractivity contribution >= 4 is 17.3 Å². The van der Waals surface area contributed by atoms with E-state index in [-0.39, 0.29) is 18.1 Å². The zero-order valence-corrected chi connectivity index (χ0v) is 9.43. The maximum Gasteiger partial charge on any atom is 0.303 e. The van der Waals surface area contributed by atoms with Crippen molar-refractivity contribution < 1.29 is 14.7 Å². The van der Waals surface area contributed by atoms with Gasteiger partial charge in [0.1, 0.15) is 0 Å². The highest BCUT2D eigenvalue weighted by atomic mass is 16.4. The van der Waals surface area contributed by atoms with Gasteiger partial charge in [-0.15, -0.1) is 0 Å². The Bertz CT molecular complexity index is 460. The van der Waals surface area contributed by atoms with Crippen LogP contribution in [0.25, 0.3) is 5.57 Å². The van der Waals surface area contributed by atoms with Gasteiger partial charge in [0, 0.05) is 6.42 Å². The van der Waals surface area contributed by atoms with Crippen molar-refractivity contribution in [2.45, 2.75) is 19.3 Å². The number of hydrogen-bond donors (Lipinski definition) is 1. The Balaban J connectivity index is 2.32. The number of allylic oxidation sites excluding steroid dienone is 2. The van der Waals surface area contributed by atoms with Gasteiger partial charge in [-0.2, -0.15) is 0 Å². The first-order valence-electron chi connectivity index (χ1n) is 5.68. The monoisotopic (exact) mass is 230 g/mol. The summed E-state index contributed by atoms with van der Waals surface area (Å²) in [4.78, 5) is 22.3. The van der Waals surface area contributed by atoms with Crippen LogP contribution < -0.4 is 0 Å². The van der Waals surface area contributed by atoms with Crippen LogP contribution in [0.15, 0.2) is 36.4 Å². The highest BCUT2D eigenvalue weighted by Crippen LogP contribution is 2.33. The standard InChI is InChI=1S/C14H14O3/c15-12-7-6-11(8-14(16)17)13(9-12)10-4-2-1-3-5-10/h1-5,9,11H,6-8H2,(H,16,17). The second-order valence-electron chi connectivity index (χ2n) is 4.27. The van der Waals surface area contributed by atoms with Crippen molar-refractivity contribution in [2.24, 2.45) is 5.92 Å². The van der Waals surface area contributed by atoms with Gasteiger partial charge in [-0.3, -0.25) is 9.59 Å². The van der Waals surface area contributed by atoms with Gasteiger partial charge in [0.25, 0.3) is 0 Å². The lowest BCUT2D eigenvalue weighted by atomic mass is 9.81. The van der Waals surface area contributed by atoms with E-state index in [2.05, 4.69) is 0 Å². The number of carbonyl (C=O) groups is 2. The highest BCUT2D eigenvalue weighted by molar-refractivity contribution is 5.99. The Labute approximate surface area is 99.8 Å². The van der Waals surface area contributed by atoms with Crippen molar-refractivity contribution in [2.75, 3.05) is 0 Å². The van der Waals surface area contributed by atoms with Gasteiger partial charge in [0.2, 0.25) is 0 Å². The number of hydrogen-bond acceptors (Lipinski definition) is 2. The largest absolute Gasteiger partial charge is 0.481 e.